The Labute approximate surface area is 118 Å². The fourth-order valence-corrected chi connectivity index (χ4v) is 2.28. The highest BCUT2D eigenvalue weighted by Crippen LogP contribution is 2.27. The lowest BCUT2D eigenvalue weighted by molar-refractivity contribution is 0.0690. The largest absolute Gasteiger partial charge is 0.476 e. The third-order valence-corrected chi connectivity index (χ3v) is 3.32. The summed E-state index contributed by atoms with van der Waals surface area (Å²) in [4.78, 5) is 13.3. The van der Waals surface area contributed by atoms with E-state index in [0.29, 0.717) is 5.69 Å². The van der Waals surface area contributed by atoms with E-state index in [-0.39, 0.29) is 5.69 Å². The van der Waals surface area contributed by atoms with E-state index in [9.17, 15) is 9.90 Å². The van der Waals surface area contributed by atoms with Gasteiger partial charge in [-0.25, -0.2) is 4.79 Å². The first-order valence-electron chi connectivity index (χ1n) is 6.85. The van der Waals surface area contributed by atoms with Gasteiger partial charge < -0.3 is 10.0 Å². The van der Waals surface area contributed by atoms with Crippen LogP contribution in [0.1, 0.15) is 36.7 Å². The minimum absolute atomic E-state index is 0.0164. The number of anilines is 1. The van der Waals surface area contributed by atoms with Crippen LogP contribution in [0.15, 0.2) is 24.3 Å². The van der Waals surface area contributed by atoms with Gasteiger partial charge in [-0.05, 0) is 12.5 Å². The lowest BCUT2D eigenvalue weighted by Gasteiger charge is -2.21. The summed E-state index contributed by atoms with van der Waals surface area (Å²) in [6, 6.07) is 7.50. The van der Waals surface area contributed by atoms with E-state index in [1.165, 1.54) is 0 Å². The van der Waals surface area contributed by atoms with Gasteiger partial charge in [0.1, 0.15) is 0 Å². The van der Waals surface area contributed by atoms with Crippen molar-refractivity contribution in [1.29, 1.82) is 0 Å². The van der Waals surface area contributed by atoms with Crippen molar-refractivity contribution in [3.05, 3.63) is 30.0 Å². The van der Waals surface area contributed by atoms with Crippen molar-refractivity contribution in [2.45, 2.75) is 26.2 Å². The van der Waals surface area contributed by atoms with Crippen LogP contribution in [0, 0.1) is 0 Å². The van der Waals surface area contributed by atoms with Gasteiger partial charge >= 0.3 is 5.97 Å². The van der Waals surface area contributed by atoms with E-state index in [4.69, 9.17) is 0 Å². The molecule has 0 aliphatic rings. The second-order valence-corrected chi connectivity index (χ2v) is 4.85. The summed E-state index contributed by atoms with van der Waals surface area (Å²) in [6.07, 6.45) is 3.29. The molecule has 0 bridgehead atoms. The second kappa shape index (κ2) is 6.32. The summed E-state index contributed by atoms with van der Waals surface area (Å²) < 4.78 is 0. The lowest BCUT2D eigenvalue weighted by Crippen LogP contribution is -2.22. The number of hydrogen-bond acceptors (Lipinski definition) is 4. The first-order chi connectivity index (χ1) is 9.65. The summed E-state index contributed by atoms with van der Waals surface area (Å²) in [5.74, 6) is -1.04. The van der Waals surface area contributed by atoms with E-state index in [0.717, 1.165) is 36.7 Å². The van der Waals surface area contributed by atoms with Crippen LogP contribution >= 0.6 is 0 Å². The van der Waals surface area contributed by atoms with Gasteiger partial charge in [-0.1, -0.05) is 38.0 Å². The first-order valence-corrected chi connectivity index (χ1v) is 6.85. The van der Waals surface area contributed by atoms with Gasteiger partial charge in [0.15, 0.2) is 5.69 Å². The highest BCUT2D eigenvalue weighted by molar-refractivity contribution is 6.02. The molecule has 1 aromatic heterocycles. The number of rotatable bonds is 6. The number of carboxylic acid groups (broad SMARTS) is 1. The molecule has 0 atom stereocenters. The van der Waals surface area contributed by atoms with E-state index >= 15 is 0 Å². The number of fused-ring (bicyclic) bond motifs is 1. The molecule has 0 fully saturated rings. The average molecular weight is 273 g/mol. The van der Waals surface area contributed by atoms with Crippen LogP contribution in [0.3, 0.4) is 0 Å². The van der Waals surface area contributed by atoms with Crippen molar-refractivity contribution >= 4 is 22.6 Å². The molecule has 1 N–H and O–H groups in total. The van der Waals surface area contributed by atoms with Crippen LogP contribution in [0.25, 0.3) is 10.9 Å². The number of nitrogens with zero attached hydrogens (tertiary/aromatic N) is 3. The summed E-state index contributed by atoms with van der Waals surface area (Å²) in [5, 5.41) is 18.0. The van der Waals surface area contributed by atoms with Gasteiger partial charge in [0.2, 0.25) is 0 Å². The number of benzene rings is 1. The fourth-order valence-electron chi connectivity index (χ4n) is 2.28. The van der Waals surface area contributed by atoms with Crippen LogP contribution in [0.5, 0.6) is 0 Å². The van der Waals surface area contributed by atoms with E-state index in [2.05, 4.69) is 17.1 Å². The zero-order valence-corrected chi connectivity index (χ0v) is 11.8. The molecule has 5 heteroatoms. The predicted octanol–water partition coefficient (Wildman–Crippen LogP) is 2.95. The molecular weight excluding hydrogens is 254 g/mol. The van der Waals surface area contributed by atoms with Crippen molar-refractivity contribution in [2.75, 3.05) is 18.5 Å². The molecule has 1 aromatic carbocycles. The molecule has 0 aliphatic heterocycles. The van der Waals surface area contributed by atoms with Crippen LogP contribution in [-0.4, -0.2) is 34.9 Å². The van der Waals surface area contributed by atoms with Gasteiger partial charge in [0.05, 0.1) is 11.2 Å². The van der Waals surface area contributed by atoms with Crippen molar-refractivity contribution in [2.24, 2.45) is 0 Å². The third-order valence-electron chi connectivity index (χ3n) is 3.32. The minimum atomic E-state index is -1.04. The molecule has 2 rings (SSSR count). The number of aromatic nitrogens is 2. The Bertz CT molecular complexity index is 613. The van der Waals surface area contributed by atoms with Gasteiger partial charge in [0.25, 0.3) is 0 Å². The molecule has 0 aliphatic carbocycles. The van der Waals surface area contributed by atoms with E-state index < -0.39 is 5.97 Å². The summed E-state index contributed by atoms with van der Waals surface area (Å²) in [7, 11) is 1.91. The Kier molecular flexibility index (Phi) is 4.50. The Hall–Kier alpha value is -2.17. The molecule has 0 saturated carbocycles. The topological polar surface area (TPSA) is 66.3 Å². The van der Waals surface area contributed by atoms with E-state index in [1.807, 2.05) is 36.2 Å². The number of carboxylic acids is 1. The molecule has 0 saturated heterocycles. The number of aromatic carboxylic acids is 1. The van der Waals surface area contributed by atoms with E-state index in [1.54, 1.807) is 0 Å². The normalized spacial score (nSPS) is 10.7. The smallest absolute Gasteiger partial charge is 0.358 e. The highest BCUT2D eigenvalue weighted by Gasteiger charge is 2.19. The Morgan fingerprint density at radius 2 is 2.00 bits per heavy atom. The minimum Gasteiger partial charge on any atom is -0.476 e. The molecule has 20 heavy (non-hydrogen) atoms. The molecule has 0 radical (unpaired) electrons. The molecule has 0 spiro atoms. The van der Waals surface area contributed by atoms with Gasteiger partial charge in [-0.3, -0.25) is 0 Å². The molecule has 0 amide bonds. The summed E-state index contributed by atoms with van der Waals surface area (Å²) >= 11 is 0. The molecular formula is C15H19N3O2. The lowest BCUT2D eigenvalue weighted by atomic mass is 10.1. The Morgan fingerprint density at radius 1 is 1.25 bits per heavy atom. The quantitative estimate of drug-likeness (QED) is 0.820. The van der Waals surface area contributed by atoms with Crippen molar-refractivity contribution in [3.63, 3.8) is 0 Å². The highest BCUT2D eigenvalue weighted by atomic mass is 16.4. The predicted molar refractivity (Wildman–Crippen MR) is 79.3 cm³/mol. The zero-order valence-electron chi connectivity index (χ0n) is 11.8. The molecule has 5 nitrogen and oxygen atoms in total. The maximum Gasteiger partial charge on any atom is 0.358 e. The second-order valence-electron chi connectivity index (χ2n) is 4.85. The third kappa shape index (κ3) is 2.87. The monoisotopic (exact) mass is 273 g/mol. The van der Waals surface area contributed by atoms with Crippen molar-refractivity contribution in [3.8, 4) is 0 Å². The maximum absolute atomic E-state index is 11.4. The standard InChI is InChI=1S/C15H19N3O2/c1-3-4-7-10-18(2)14-11-8-5-6-9-12(11)16-17-13(14)15(19)20/h5-6,8-9H,3-4,7,10H2,1-2H3,(H,19,20). The first kappa shape index (κ1) is 14.2. The molecule has 1 heterocycles. The summed E-state index contributed by atoms with van der Waals surface area (Å²) in [5.41, 5.74) is 1.39. The van der Waals surface area contributed by atoms with Crippen molar-refractivity contribution in [1.82, 2.24) is 10.2 Å². The number of unbranched alkanes of at least 4 members (excludes halogenated alkanes) is 2. The Morgan fingerprint density at radius 3 is 2.70 bits per heavy atom. The molecule has 106 valence electrons. The summed E-state index contributed by atoms with van der Waals surface area (Å²) in [6.45, 7) is 2.95. The van der Waals surface area contributed by atoms with Crippen LogP contribution in [0.2, 0.25) is 0 Å². The molecule has 0 unspecified atom stereocenters. The van der Waals surface area contributed by atoms with Gasteiger partial charge in [-0.2, -0.15) is 0 Å². The van der Waals surface area contributed by atoms with Gasteiger partial charge in [-0.15, -0.1) is 10.2 Å². The van der Waals surface area contributed by atoms with Gasteiger partial charge in [0, 0.05) is 19.0 Å². The number of carbonyl (C=O) groups is 1. The Balaban J connectivity index is 2.46. The van der Waals surface area contributed by atoms with Crippen LogP contribution in [-0.2, 0) is 0 Å². The zero-order chi connectivity index (χ0) is 14.5. The fraction of sp³-hybridized carbons (Fsp3) is 0.400. The SMILES string of the molecule is CCCCCN(C)c1c(C(=O)O)nnc2ccccc12. The maximum atomic E-state index is 11.4. The average Bonchev–Trinajstić information content (AvgIpc) is 2.46. The molecule has 2 aromatic rings. The van der Waals surface area contributed by atoms with Crippen LogP contribution in [0.4, 0.5) is 5.69 Å². The van der Waals surface area contributed by atoms with Crippen molar-refractivity contribution < 1.29 is 9.90 Å². The number of hydrogen-bond donors (Lipinski definition) is 1. The van der Waals surface area contributed by atoms with Crippen LogP contribution < -0.4 is 4.90 Å².